The minimum absolute atomic E-state index is 0.403. The van der Waals surface area contributed by atoms with E-state index in [4.69, 9.17) is 5.73 Å². The quantitative estimate of drug-likeness (QED) is 0.526. The maximum Gasteiger partial charge on any atom is 0.250 e. The van der Waals surface area contributed by atoms with Gasteiger partial charge in [0.25, 0.3) is 5.91 Å². The number of aromatic amines is 1. The second-order valence-corrected chi connectivity index (χ2v) is 4.52. The number of nitrogens with two attached hydrogens (primary N) is 1. The Hall–Kier alpha value is -3.28. The molecule has 6 heteroatoms. The minimum atomic E-state index is -0.486. The summed E-state index contributed by atoms with van der Waals surface area (Å²) in [6.07, 6.45) is 3.46. The molecule has 4 aromatic rings. The van der Waals surface area contributed by atoms with Crippen LogP contribution in [0.15, 0.2) is 60.9 Å². The van der Waals surface area contributed by atoms with Gasteiger partial charge >= 0.3 is 0 Å². The first kappa shape index (κ1) is 13.7. The highest BCUT2D eigenvalue weighted by molar-refractivity contribution is 6.05. The molecule has 0 aliphatic carbocycles. The van der Waals surface area contributed by atoms with Gasteiger partial charge in [0.15, 0.2) is 0 Å². The van der Waals surface area contributed by atoms with Gasteiger partial charge in [-0.05, 0) is 30.3 Å². The zero-order valence-electron chi connectivity index (χ0n) is 11.6. The summed E-state index contributed by atoms with van der Waals surface area (Å²) < 4.78 is 0. The van der Waals surface area contributed by atoms with Crippen LogP contribution in [0.2, 0.25) is 0 Å². The average Bonchev–Trinajstić information content (AvgIpc) is 3.12. The SMILES string of the molecule is NC(=O)c1cccc2nc3ccccc3nc12.c1cn[nH]c1. The smallest absolute Gasteiger partial charge is 0.250 e. The van der Waals surface area contributed by atoms with E-state index in [-0.39, 0.29) is 0 Å². The molecule has 3 N–H and O–H groups in total. The molecule has 0 bridgehead atoms. The van der Waals surface area contributed by atoms with Crippen molar-refractivity contribution in [3.05, 3.63) is 66.5 Å². The number of carbonyl (C=O) groups excluding carboxylic acids is 1. The van der Waals surface area contributed by atoms with E-state index in [1.54, 1.807) is 24.5 Å². The Labute approximate surface area is 126 Å². The Morgan fingerprint density at radius 1 is 0.909 bits per heavy atom. The molecule has 0 aliphatic rings. The minimum Gasteiger partial charge on any atom is -0.366 e. The van der Waals surface area contributed by atoms with E-state index in [2.05, 4.69) is 20.2 Å². The summed E-state index contributed by atoms with van der Waals surface area (Å²) in [5.41, 5.74) is 8.52. The fourth-order valence-corrected chi connectivity index (χ4v) is 2.06. The highest BCUT2D eigenvalue weighted by Crippen LogP contribution is 2.18. The van der Waals surface area contributed by atoms with E-state index in [0.29, 0.717) is 16.6 Å². The van der Waals surface area contributed by atoms with Crippen LogP contribution >= 0.6 is 0 Å². The predicted molar refractivity (Wildman–Crippen MR) is 84.1 cm³/mol. The first-order chi connectivity index (χ1) is 10.8. The molecule has 0 atom stereocenters. The summed E-state index contributed by atoms with van der Waals surface area (Å²) in [4.78, 5) is 20.2. The normalized spacial score (nSPS) is 10.2. The Morgan fingerprint density at radius 2 is 1.64 bits per heavy atom. The lowest BCUT2D eigenvalue weighted by Gasteiger charge is -2.03. The molecule has 0 fully saturated rings. The maximum absolute atomic E-state index is 11.3. The van der Waals surface area contributed by atoms with Crippen LogP contribution in [0.4, 0.5) is 0 Å². The third-order valence-corrected chi connectivity index (χ3v) is 3.04. The van der Waals surface area contributed by atoms with Gasteiger partial charge < -0.3 is 5.73 Å². The number of benzene rings is 2. The van der Waals surface area contributed by atoms with E-state index in [1.165, 1.54) is 0 Å². The molecular weight excluding hydrogens is 278 g/mol. The summed E-state index contributed by atoms with van der Waals surface area (Å²) in [6.45, 7) is 0. The number of H-pyrrole nitrogens is 1. The van der Waals surface area contributed by atoms with Crippen LogP contribution in [0, 0.1) is 0 Å². The average molecular weight is 291 g/mol. The molecule has 0 radical (unpaired) electrons. The number of fused-ring (bicyclic) bond motifs is 2. The second kappa shape index (κ2) is 6.01. The Kier molecular flexibility index (Phi) is 3.74. The molecule has 108 valence electrons. The van der Waals surface area contributed by atoms with Gasteiger partial charge in [0, 0.05) is 12.4 Å². The number of rotatable bonds is 1. The number of hydrogen-bond donors (Lipinski definition) is 2. The zero-order chi connectivity index (χ0) is 15.4. The largest absolute Gasteiger partial charge is 0.366 e. The summed E-state index contributed by atoms with van der Waals surface area (Å²) in [5.74, 6) is -0.486. The molecule has 2 heterocycles. The Bertz CT molecular complexity index is 901. The van der Waals surface area contributed by atoms with Gasteiger partial charge in [0.1, 0.15) is 5.52 Å². The van der Waals surface area contributed by atoms with Gasteiger partial charge in [-0.3, -0.25) is 9.89 Å². The second-order valence-electron chi connectivity index (χ2n) is 4.52. The van der Waals surface area contributed by atoms with Crippen LogP contribution in [0.1, 0.15) is 10.4 Å². The number of nitrogens with zero attached hydrogens (tertiary/aromatic N) is 3. The van der Waals surface area contributed by atoms with Crippen molar-refractivity contribution in [2.45, 2.75) is 0 Å². The third-order valence-electron chi connectivity index (χ3n) is 3.04. The van der Waals surface area contributed by atoms with Crippen LogP contribution in [-0.2, 0) is 0 Å². The van der Waals surface area contributed by atoms with Gasteiger partial charge in [0.2, 0.25) is 0 Å². The van der Waals surface area contributed by atoms with E-state index in [9.17, 15) is 4.79 Å². The lowest BCUT2D eigenvalue weighted by molar-refractivity contribution is 0.100. The van der Waals surface area contributed by atoms with Gasteiger partial charge in [0.05, 0.1) is 22.1 Å². The number of nitrogens with one attached hydrogen (secondary N) is 1. The molecule has 22 heavy (non-hydrogen) atoms. The van der Waals surface area contributed by atoms with Crippen LogP contribution in [0.5, 0.6) is 0 Å². The summed E-state index contributed by atoms with van der Waals surface area (Å²) in [7, 11) is 0. The first-order valence-electron chi connectivity index (χ1n) is 6.65. The first-order valence-corrected chi connectivity index (χ1v) is 6.65. The van der Waals surface area contributed by atoms with Crippen molar-refractivity contribution in [2.75, 3.05) is 0 Å². The molecule has 0 unspecified atom stereocenters. The Balaban J connectivity index is 0.000000246. The van der Waals surface area contributed by atoms with E-state index in [1.807, 2.05) is 36.4 Å². The summed E-state index contributed by atoms with van der Waals surface area (Å²) >= 11 is 0. The molecule has 0 saturated heterocycles. The Morgan fingerprint density at radius 3 is 2.23 bits per heavy atom. The van der Waals surface area contributed by atoms with Crippen molar-refractivity contribution in [3.63, 3.8) is 0 Å². The van der Waals surface area contributed by atoms with Crippen LogP contribution in [0.3, 0.4) is 0 Å². The van der Waals surface area contributed by atoms with E-state index < -0.39 is 5.91 Å². The summed E-state index contributed by atoms with van der Waals surface area (Å²) in [5, 5.41) is 6.21. The maximum atomic E-state index is 11.3. The number of primary amides is 1. The molecule has 0 saturated carbocycles. The van der Waals surface area contributed by atoms with Gasteiger partial charge in [-0.2, -0.15) is 5.10 Å². The molecule has 2 aromatic heterocycles. The highest BCUT2D eigenvalue weighted by Gasteiger charge is 2.09. The fraction of sp³-hybridized carbons (Fsp3) is 0. The highest BCUT2D eigenvalue weighted by atomic mass is 16.1. The number of para-hydroxylation sites is 3. The van der Waals surface area contributed by atoms with Gasteiger partial charge in [-0.25, -0.2) is 9.97 Å². The van der Waals surface area contributed by atoms with Gasteiger partial charge in [-0.1, -0.05) is 18.2 Å². The molecule has 6 nitrogen and oxygen atoms in total. The molecule has 4 rings (SSSR count). The summed E-state index contributed by atoms with van der Waals surface area (Å²) in [6, 6.07) is 14.6. The monoisotopic (exact) mass is 291 g/mol. The fourth-order valence-electron chi connectivity index (χ4n) is 2.06. The molecule has 2 aromatic carbocycles. The topological polar surface area (TPSA) is 97.6 Å². The van der Waals surface area contributed by atoms with Crippen molar-refractivity contribution in [3.8, 4) is 0 Å². The van der Waals surface area contributed by atoms with Crippen molar-refractivity contribution in [2.24, 2.45) is 5.73 Å². The molecular formula is C16H13N5O. The predicted octanol–water partition coefficient (Wildman–Crippen LogP) is 2.29. The van der Waals surface area contributed by atoms with E-state index in [0.717, 1.165) is 11.0 Å². The van der Waals surface area contributed by atoms with Crippen LogP contribution in [-0.4, -0.2) is 26.1 Å². The number of amides is 1. The van der Waals surface area contributed by atoms with E-state index >= 15 is 0 Å². The zero-order valence-corrected chi connectivity index (χ0v) is 11.6. The lowest BCUT2D eigenvalue weighted by Crippen LogP contribution is -2.12. The lowest BCUT2D eigenvalue weighted by atomic mass is 10.1. The van der Waals surface area contributed by atoms with Crippen molar-refractivity contribution in [1.82, 2.24) is 20.2 Å². The molecule has 0 aliphatic heterocycles. The standard InChI is InChI=1S/C13H9N3O.C3H4N2/c14-13(17)8-4-3-7-11-12(8)16-10-6-2-1-5-9(10)15-11;1-2-4-5-3-1/h1-7H,(H2,14,17);1-3H,(H,4,5). The number of hydrogen-bond acceptors (Lipinski definition) is 4. The van der Waals surface area contributed by atoms with Crippen molar-refractivity contribution in [1.29, 1.82) is 0 Å². The van der Waals surface area contributed by atoms with Crippen molar-refractivity contribution >= 4 is 28.0 Å². The third kappa shape index (κ3) is 2.76. The van der Waals surface area contributed by atoms with Crippen molar-refractivity contribution < 1.29 is 4.79 Å². The molecule has 1 amide bonds. The van der Waals surface area contributed by atoms with Gasteiger partial charge in [-0.15, -0.1) is 0 Å². The van der Waals surface area contributed by atoms with Crippen LogP contribution < -0.4 is 5.73 Å². The number of aromatic nitrogens is 4. The number of carbonyl (C=O) groups is 1. The molecule has 0 spiro atoms. The van der Waals surface area contributed by atoms with Crippen LogP contribution in [0.25, 0.3) is 22.1 Å².